The molecule has 0 heterocycles. The fourth-order valence-electron chi connectivity index (χ4n) is 1.15. The van der Waals surface area contributed by atoms with Crippen molar-refractivity contribution in [3.8, 4) is 5.75 Å². The summed E-state index contributed by atoms with van der Waals surface area (Å²) < 4.78 is 5.71. The van der Waals surface area contributed by atoms with Gasteiger partial charge in [0.2, 0.25) is 0 Å². The number of ether oxygens (including phenoxy) is 1. The first-order valence-corrected chi connectivity index (χ1v) is 5.01. The van der Waals surface area contributed by atoms with Crippen LogP contribution in [0.1, 0.15) is 32.8 Å². The fraction of sp³-hybridized carbons (Fsp3) is 0.500. The first-order chi connectivity index (χ1) is 6.26. The number of aryl methyl sites for hydroxylation is 1. The zero-order chi connectivity index (χ0) is 9.68. The average molecular weight is 178 g/mol. The minimum absolute atomic E-state index is 0.312. The molecule has 1 aromatic rings. The van der Waals surface area contributed by atoms with Crippen LogP contribution in [0.2, 0.25) is 0 Å². The van der Waals surface area contributed by atoms with Gasteiger partial charge in [0.05, 0.1) is 6.10 Å². The predicted octanol–water partition coefficient (Wildman–Crippen LogP) is 3.43. The van der Waals surface area contributed by atoms with Crippen molar-refractivity contribution in [3.63, 3.8) is 0 Å². The van der Waals surface area contributed by atoms with Crippen LogP contribution in [0.3, 0.4) is 0 Å². The van der Waals surface area contributed by atoms with Crippen molar-refractivity contribution in [2.45, 2.75) is 39.7 Å². The van der Waals surface area contributed by atoms with E-state index in [9.17, 15) is 0 Å². The Labute approximate surface area is 80.7 Å². The Morgan fingerprint density at radius 3 is 2.69 bits per heavy atom. The molecule has 1 unspecified atom stereocenters. The monoisotopic (exact) mass is 178 g/mol. The lowest BCUT2D eigenvalue weighted by Crippen LogP contribution is -2.09. The molecule has 0 aromatic heterocycles. The van der Waals surface area contributed by atoms with Crippen LogP contribution in [-0.2, 0) is 6.42 Å². The van der Waals surface area contributed by atoms with Gasteiger partial charge in [-0.15, -0.1) is 0 Å². The van der Waals surface area contributed by atoms with Gasteiger partial charge in [0.1, 0.15) is 5.75 Å². The minimum atomic E-state index is 0.312. The molecule has 0 radical (unpaired) electrons. The Hall–Kier alpha value is -0.980. The molecule has 1 heteroatoms. The van der Waals surface area contributed by atoms with E-state index in [1.54, 1.807) is 0 Å². The van der Waals surface area contributed by atoms with Crippen LogP contribution < -0.4 is 4.74 Å². The average Bonchev–Trinajstić information content (AvgIpc) is 2.18. The number of rotatable bonds is 4. The van der Waals surface area contributed by atoms with E-state index in [0.717, 1.165) is 18.6 Å². The van der Waals surface area contributed by atoms with Crippen molar-refractivity contribution in [2.24, 2.45) is 0 Å². The second kappa shape index (κ2) is 4.90. The Kier molecular flexibility index (Phi) is 3.81. The lowest BCUT2D eigenvalue weighted by atomic mass is 10.2. The second-order valence-corrected chi connectivity index (χ2v) is 3.34. The third-order valence-corrected chi connectivity index (χ3v) is 2.22. The van der Waals surface area contributed by atoms with Crippen molar-refractivity contribution < 1.29 is 4.74 Å². The van der Waals surface area contributed by atoms with Crippen LogP contribution in [0.15, 0.2) is 24.3 Å². The molecule has 13 heavy (non-hydrogen) atoms. The molecule has 1 aromatic carbocycles. The van der Waals surface area contributed by atoms with Crippen molar-refractivity contribution in [3.05, 3.63) is 29.8 Å². The SMILES string of the molecule is CCc1cccc(OC(C)CC)c1. The van der Waals surface area contributed by atoms with E-state index in [1.807, 2.05) is 6.07 Å². The summed E-state index contributed by atoms with van der Waals surface area (Å²) in [7, 11) is 0. The molecule has 0 N–H and O–H groups in total. The largest absolute Gasteiger partial charge is 0.491 e. The van der Waals surface area contributed by atoms with Gasteiger partial charge in [0.25, 0.3) is 0 Å². The molecule has 72 valence electrons. The van der Waals surface area contributed by atoms with Gasteiger partial charge in [-0.05, 0) is 37.5 Å². The maximum atomic E-state index is 5.71. The maximum absolute atomic E-state index is 5.71. The van der Waals surface area contributed by atoms with E-state index in [1.165, 1.54) is 5.56 Å². The van der Waals surface area contributed by atoms with Crippen LogP contribution in [-0.4, -0.2) is 6.10 Å². The highest BCUT2D eigenvalue weighted by atomic mass is 16.5. The van der Waals surface area contributed by atoms with Gasteiger partial charge in [-0.2, -0.15) is 0 Å². The summed E-state index contributed by atoms with van der Waals surface area (Å²) in [6.07, 6.45) is 2.43. The molecule has 1 rings (SSSR count). The molecular formula is C12H18O. The summed E-state index contributed by atoms with van der Waals surface area (Å²) >= 11 is 0. The highest BCUT2D eigenvalue weighted by molar-refractivity contribution is 5.28. The van der Waals surface area contributed by atoms with Crippen molar-refractivity contribution in [1.29, 1.82) is 0 Å². The molecule has 0 saturated carbocycles. The third-order valence-electron chi connectivity index (χ3n) is 2.22. The number of hydrogen-bond acceptors (Lipinski definition) is 1. The molecule has 0 aliphatic carbocycles. The summed E-state index contributed by atoms with van der Waals surface area (Å²) in [5.74, 6) is 0.994. The van der Waals surface area contributed by atoms with E-state index in [-0.39, 0.29) is 0 Å². The van der Waals surface area contributed by atoms with Gasteiger partial charge in [0.15, 0.2) is 0 Å². The summed E-state index contributed by atoms with van der Waals surface area (Å²) in [6.45, 7) is 6.38. The van der Waals surface area contributed by atoms with E-state index >= 15 is 0 Å². The van der Waals surface area contributed by atoms with Gasteiger partial charge in [-0.25, -0.2) is 0 Å². The highest BCUT2D eigenvalue weighted by Gasteiger charge is 2.00. The third kappa shape index (κ3) is 3.10. The Bertz CT molecular complexity index is 255. The summed E-state index contributed by atoms with van der Waals surface area (Å²) in [5.41, 5.74) is 1.33. The predicted molar refractivity (Wildman–Crippen MR) is 56.2 cm³/mol. The zero-order valence-corrected chi connectivity index (χ0v) is 8.71. The van der Waals surface area contributed by atoms with Crippen molar-refractivity contribution >= 4 is 0 Å². The van der Waals surface area contributed by atoms with Gasteiger partial charge < -0.3 is 4.74 Å². The number of hydrogen-bond donors (Lipinski definition) is 0. The molecule has 0 aliphatic heterocycles. The molecule has 0 aliphatic rings. The van der Waals surface area contributed by atoms with Crippen LogP contribution in [0, 0.1) is 0 Å². The van der Waals surface area contributed by atoms with E-state index in [4.69, 9.17) is 4.74 Å². The normalized spacial score (nSPS) is 12.5. The molecule has 1 nitrogen and oxygen atoms in total. The maximum Gasteiger partial charge on any atom is 0.119 e. The van der Waals surface area contributed by atoms with Crippen molar-refractivity contribution in [1.82, 2.24) is 0 Å². The molecule has 0 fully saturated rings. The summed E-state index contributed by atoms with van der Waals surface area (Å²) in [4.78, 5) is 0. The fourth-order valence-corrected chi connectivity index (χ4v) is 1.15. The second-order valence-electron chi connectivity index (χ2n) is 3.34. The lowest BCUT2D eigenvalue weighted by Gasteiger charge is -2.12. The van der Waals surface area contributed by atoms with Gasteiger partial charge in [-0.3, -0.25) is 0 Å². The van der Waals surface area contributed by atoms with E-state index in [2.05, 4.69) is 39.0 Å². The molecular weight excluding hydrogens is 160 g/mol. The lowest BCUT2D eigenvalue weighted by molar-refractivity contribution is 0.217. The molecule has 0 bridgehead atoms. The summed E-state index contributed by atoms with van der Waals surface area (Å²) in [6, 6.07) is 8.32. The van der Waals surface area contributed by atoms with Gasteiger partial charge in [-0.1, -0.05) is 26.0 Å². The van der Waals surface area contributed by atoms with E-state index in [0.29, 0.717) is 6.10 Å². The minimum Gasteiger partial charge on any atom is -0.491 e. The van der Waals surface area contributed by atoms with Crippen LogP contribution in [0.4, 0.5) is 0 Å². The highest BCUT2D eigenvalue weighted by Crippen LogP contribution is 2.15. The zero-order valence-electron chi connectivity index (χ0n) is 8.71. The van der Waals surface area contributed by atoms with Gasteiger partial charge in [0, 0.05) is 0 Å². The molecule has 0 spiro atoms. The quantitative estimate of drug-likeness (QED) is 0.686. The first kappa shape index (κ1) is 10.1. The van der Waals surface area contributed by atoms with Crippen LogP contribution >= 0.6 is 0 Å². The summed E-state index contributed by atoms with van der Waals surface area (Å²) in [5, 5.41) is 0. The van der Waals surface area contributed by atoms with Crippen molar-refractivity contribution in [2.75, 3.05) is 0 Å². The Morgan fingerprint density at radius 2 is 2.08 bits per heavy atom. The number of benzene rings is 1. The Morgan fingerprint density at radius 1 is 1.31 bits per heavy atom. The van der Waals surface area contributed by atoms with E-state index < -0.39 is 0 Å². The Balaban J connectivity index is 2.66. The smallest absolute Gasteiger partial charge is 0.119 e. The van der Waals surface area contributed by atoms with Crippen LogP contribution in [0.25, 0.3) is 0 Å². The molecule has 1 atom stereocenters. The van der Waals surface area contributed by atoms with Crippen LogP contribution in [0.5, 0.6) is 5.75 Å². The van der Waals surface area contributed by atoms with Gasteiger partial charge >= 0.3 is 0 Å². The molecule has 0 saturated heterocycles. The topological polar surface area (TPSA) is 9.23 Å². The standard InChI is InChI=1S/C12H18O/c1-4-10(3)13-12-8-6-7-11(5-2)9-12/h6-10H,4-5H2,1-3H3. The molecule has 0 amide bonds. The first-order valence-electron chi connectivity index (χ1n) is 5.01.